The van der Waals surface area contributed by atoms with Crippen LogP contribution in [0.1, 0.15) is 206 Å². The Morgan fingerprint density at radius 1 is 0.488 bits per heavy atom. The molecule has 1 atom stereocenters. The lowest BCUT2D eigenvalue weighted by Gasteiger charge is -2.33. The number of likely N-dealkylation sites (N-methyl/N-ethyl adjacent to an activating group) is 1. The first-order valence-electron chi connectivity index (χ1n) is 19.7. The maximum absolute atomic E-state index is 11.2. The number of ether oxygens (including phenoxy) is 1. The van der Waals surface area contributed by atoms with Crippen molar-refractivity contribution in [3.8, 4) is 0 Å². The van der Waals surface area contributed by atoms with Gasteiger partial charge in [-0.3, -0.25) is 0 Å². The van der Waals surface area contributed by atoms with Gasteiger partial charge in [0.2, 0.25) is 0 Å². The molecule has 0 heterocycles. The second kappa shape index (κ2) is 34.1. The van der Waals surface area contributed by atoms with Crippen LogP contribution in [0.4, 0.5) is 0 Å². The zero-order valence-electron chi connectivity index (χ0n) is 30.1. The second-order valence-electron chi connectivity index (χ2n) is 14.0. The van der Waals surface area contributed by atoms with Gasteiger partial charge in [-0.25, -0.2) is 4.79 Å². The number of carbonyl (C=O) groups excluding carboxylic acids is 1. The van der Waals surface area contributed by atoms with Gasteiger partial charge in [0.25, 0.3) is 0 Å². The number of unbranched alkanes of at least 4 members (excludes halogenated alkanes) is 29. The van der Waals surface area contributed by atoms with Crippen LogP contribution in [-0.4, -0.2) is 43.7 Å². The van der Waals surface area contributed by atoms with Gasteiger partial charge in [-0.2, -0.15) is 0 Å². The van der Waals surface area contributed by atoms with E-state index < -0.39 is 0 Å². The van der Waals surface area contributed by atoms with E-state index >= 15 is 0 Å². The lowest BCUT2D eigenvalue weighted by Crippen LogP contribution is -2.47. The quantitative estimate of drug-likeness (QED) is 0.0307. The van der Waals surface area contributed by atoms with Crippen molar-refractivity contribution in [1.29, 1.82) is 0 Å². The van der Waals surface area contributed by atoms with Crippen LogP contribution in [0.15, 0.2) is 12.7 Å². The molecule has 3 nitrogen and oxygen atoms in total. The zero-order valence-corrected chi connectivity index (χ0v) is 30.1. The van der Waals surface area contributed by atoms with Crippen LogP contribution in [0.3, 0.4) is 0 Å². The summed E-state index contributed by atoms with van der Waals surface area (Å²) in [6.07, 6.45) is 44.6. The van der Waals surface area contributed by atoms with Gasteiger partial charge in [0.05, 0.1) is 20.1 Å². The number of quaternary nitrogens is 1. The van der Waals surface area contributed by atoms with E-state index in [4.69, 9.17) is 4.74 Å². The molecule has 0 fully saturated rings. The molecule has 256 valence electrons. The SMILES string of the molecule is C=CC(=O)OCC[N+](C)(CC)CCCCCCCCCCCCCCCCCCCCCCCCCCCCCCCC. The number of hydrogen-bond donors (Lipinski definition) is 0. The van der Waals surface area contributed by atoms with Crippen LogP contribution >= 0.6 is 0 Å². The zero-order chi connectivity index (χ0) is 31.5. The number of rotatable bonds is 36. The van der Waals surface area contributed by atoms with Gasteiger partial charge in [-0.15, -0.1) is 0 Å². The number of hydrogen-bond acceptors (Lipinski definition) is 2. The van der Waals surface area contributed by atoms with Crippen molar-refractivity contribution in [3.63, 3.8) is 0 Å². The topological polar surface area (TPSA) is 26.3 Å². The molecule has 0 aromatic heterocycles. The maximum atomic E-state index is 11.2. The Morgan fingerprint density at radius 2 is 0.767 bits per heavy atom. The predicted octanol–water partition coefficient (Wildman–Crippen LogP) is 12.9. The molecule has 43 heavy (non-hydrogen) atoms. The van der Waals surface area contributed by atoms with E-state index in [2.05, 4.69) is 27.5 Å². The molecule has 0 aliphatic carbocycles. The van der Waals surface area contributed by atoms with Gasteiger partial charge < -0.3 is 9.22 Å². The average Bonchev–Trinajstić information content (AvgIpc) is 3.01. The van der Waals surface area contributed by atoms with E-state index in [9.17, 15) is 4.79 Å². The molecule has 0 amide bonds. The lowest BCUT2D eigenvalue weighted by molar-refractivity contribution is -0.908. The van der Waals surface area contributed by atoms with Gasteiger partial charge in [-0.05, 0) is 19.8 Å². The van der Waals surface area contributed by atoms with E-state index in [0.29, 0.717) is 6.61 Å². The van der Waals surface area contributed by atoms with Crippen molar-refractivity contribution < 1.29 is 14.0 Å². The lowest BCUT2D eigenvalue weighted by atomic mass is 10.0. The molecule has 0 rings (SSSR count). The number of nitrogens with zero attached hydrogens (tertiary/aromatic N) is 1. The molecule has 0 radical (unpaired) electrons. The van der Waals surface area contributed by atoms with Crippen molar-refractivity contribution in [2.75, 3.05) is 33.3 Å². The Bertz CT molecular complexity index is 577. The van der Waals surface area contributed by atoms with Gasteiger partial charge in [0, 0.05) is 6.08 Å². The molecule has 0 spiro atoms. The van der Waals surface area contributed by atoms with Crippen molar-refractivity contribution in [1.82, 2.24) is 0 Å². The molecule has 0 aromatic rings. The molecule has 0 bridgehead atoms. The van der Waals surface area contributed by atoms with E-state index in [1.807, 2.05) is 0 Å². The second-order valence-corrected chi connectivity index (χ2v) is 14.0. The summed E-state index contributed by atoms with van der Waals surface area (Å²) >= 11 is 0. The Labute approximate surface area is 272 Å². The van der Waals surface area contributed by atoms with Crippen molar-refractivity contribution in [3.05, 3.63) is 12.7 Å². The Morgan fingerprint density at radius 3 is 1.02 bits per heavy atom. The largest absolute Gasteiger partial charge is 0.457 e. The minimum Gasteiger partial charge on any atom is -0.457 e. The van der Waals surface area contributed by atoms with E-state index in [0.717, 1.165) is 17.6 Å². The highest BCUT2D eigenvalue weighted by atomic mass is 16.5. The summed E-state index contributed by atoms with van der Waals surface area (Å²) in [5.41, 5.74) is 0. The maximum Gasteiger partial charge on any atom is 0.330 e. The van der Waals surface area contributed by atoms with Crippen molar-refractivity contribution >= 4 is 5.97 Å². The van der Waals surface area contributed by atoms with Crippen LogP contribution in [0.5, 0.6) is 0 Å². The monoisotopic (exact) mass is 607 g/mol. The molecule has 0 aromatic carbocycles. The van der Waals surface area contributed by atoms with Gasteiger partial charge in [0.15, 0.2) is 0 Å². The van der Waals surface area contributed by atoms with Gasteiger partial charge in [-0.1, -0.05) is 193 Å². The van der Waals surface area contributed by atoms with Crippen molar-refractivity contribution in [2.24, 2.45) is 0 Å². The Hall–Kier alpha value is -0.830. The fourth-order valence-electron chi connectivity index (χ4n) is 6.37. The smallest absolute Gasteiger partial charge is 0.330 e. The summed E-state index contributed by atoms with van der Waals surface area (Å²) < 4.78 is 6.17. The fraction of sp³-hybridized carbons (Fsp3) is 0.925. The van der Waals surface area contributed by atoms with E-state index in [-0.39, 0.29) is 5.97 Å². The van der Waals surface area contributed by atoms with Crippen LogP contribution in [0.2, 0.25) is 0 Å². The first-order valence-corrected chi connectivity index (χ1v) is 19.7. The summed E-state index contributed by atoms with van der Waals surface area (Å²) in [6, 6.07) is 0. The minimum absolute atomic E-state index is 0.307. The molecule has 3 heteroatoms. The molecule has 0 aliphatic heterocycles. The number of carbonyl (C=O) groups is 1. The number of esters is 1. The Balaban J connectivity index is 3.22. The minimum atomic E-state index is -0.307. The fourth-order valence-corrected chi connectivity index (χ4v) is 6.37. The van der Waals surface area contributed by atoms with Crippen LogP contribution in [0, 0.1) is 0 Å². The van der Waals surface area contributed by atoms with E-state index in [1.54, 1.807) is 0 Å². The summed E-state index contributed by atoms with van der Waals surface area (Å²) in [5.74, 6) is -0.307. The molecule has 0 saturated carbocycles. The van der Waals surface area contributed by atoms with Crippen LogP contribution in [0.25, 0.3) is 0 Å². The van der Waals surface area contributed by atoms with Crippen molar-refractivity contribution in [2.45, 2.75) is 206 Å². The highest BCUT2D eigenvalue weighted by molar-refractivity contribution is 5.81. The highest BCUT2D eigenvalue weighted by Crippen LogP contribution is 2.17. The predicted molar refractivity (Wildman–Crippen MR) is 192 cm³/mol. The summed E-state index contributed by atoms with van der Waals surface area (Å²) in [5, 5.41) is 0. The summed E-state index contributed by atoms with van der Waals surface area (Å²) in [7, 11) is 2.28. The highest BCUT2D eigenvalue weighted by Gasteiger charge is 2.18. The first-order chi connectivity index (χ1) is 21.1. The first kappa shape index (κ1) is 42.2. The van der Waals surface area contributed by atoms with Gasteiger partial charge in [0.1, 0.15) is 13.2 Å². The third-order valence-corrected chi connectivity index (χ3v) is 9.86. The molecule has 0 aliphatic rings. The Kier molecular flexibility index (Phi) is 33.4. The molecular formula is C40H80NO2+. The third kappa shape index (κ3) is 32.4. The third-order valence-electron chi connectivity index (χ3n) is 9.86. The van der Waals surface area contributed by atoms with Crippen LogP contribution < -0.4 is 0 Å². The van der Waals surface area contributed by atoms with E-state index in [1.165, 1.54) is 205 Å². The molecule has 0 N–H and O–H groups in total. The summed E-state index contributed by atoms with van der Waals surface area (Å²) in [6.45, 7) is 11.7. The molecule has 0 saturated heterocycles. The molecular weight excluding hydrogens is 526 g/mol. The standard InChI is InChI=1S/C40H80NO2/c1-5-8-9-10-11-12-13-14-15-16-17-18-19-20-21-22-23-24-25-26-27-28-29-30-31-32-33-34-35-36-37-41(4,7-3)38-39-43-40(42)6-2/h6H,2,5,7-39H2,1,3-4H3/q+1. The van der Waals surface area contributed by atoms with Gasteiger partial charge >= 0.3 is 5.97 Å². The van der Waals surface area contributed by atoms with Crippen LogP contribution in [-0.2, 0) is 9.53 Å². The average molecular weight is 607 g/mol. The molecule has 1 unspecified atom stereocenters. The normalized spacial score (nSPS) is 12.8. The summed E-state index contributed by atoms with van der Waals surface area (Å²) in [4.78, 5) is 11.2.